The number of thiophene rings is 1. The Balaban J connectivity index is 1.87. The van der Waals surface area contributed by atoms with Crippen LogP contribution in [0.5, 0.6) is 0 Å². The molecule has 0 aliphatic carbocycles. The van der Waals surface area contributed by atoms with E-state index in [2.05, 4.69) is 15.7 Å². The van der Waals surface area contributed by atoms with Gasteiger partial charge < -0.3 is 14.8 Å². The van der Waals surface area contributed by atoms with Crippen molar-refractivity contribution in [3.63, 3.8) is 0 Å². The number of aromatic carboxylic acids is 1. The van der Waals surface area contributed by atoms with Crippen LogP contribution < -0.4 is 5.32 Å². The van der Waals surface area contributed by atoms with E-state index < -0.39 is 5.97 Å². The molecule has 2 aromatic heterocycles. The maximum Gasteiger partial charge on any atom is 0.335 e. The number of rotatable bonds is 4. The number of nitrogens with zero attached hydrogens (tertiary/aromatic N) is 1. The first-order valence-electron chi connectivity index (χ1n) is 6.06. The maximum absolute atomic E-state index is 10.9. The molecule has 0 aliphatic heterocycles. The van der Waals surface area contributed by atoms with Gasteiger partial charge in [-0.3, -0.25) is 0 Å². The van der Waals surface area contributed by atoms with Crippen molar-refractivity contribution in [3.05, 3.63) is 46.2 Å². The standard InChI is InChI=1S/C14H12N2O3S/c1-8(10-4-5-20-7-10)15-14-16-11-3-2-9(13(17)18)6-12(11)19-14/h2-8H,1H3,(H,15,16)(H,17,18). The minimum absolute atomic E-state index is 0.0771. The molecule has 0 fully saturated rings. The predicted octanol–water partition coefficient (Wildman–Crippen LogP) is 3.76. The van der Waals surface area contributed by atoms with E-state index in [-0.39, 0.29) is 11.6 Å². The lowest BCUT2D eigenvalue weighted by atomic mass is 10.2. The van der Waals surface area contributed by atoms with Crippen LogP contribution in [0.1, 0.15) is 28.9 Å². The molecule has 102 valence electrons. The molecule has 0 amide bonds. The van der Waals surface area contributed by atoms with Gasteiger partial charge in [0.25, 0.3) is 6.01 Å². The van der Waals surface area contributed by atoms with Gasteiger partial charge in [-0.25, -0.2) is 4.79 Å². The molecule has 1 aromatic carbocycles. The van der Waals surface area contributed by atoms with Crippen LogP contribution in [0, 0.1) is 0 Å². The normalized spacial score (nSPS) is 12.4. The Bertz CT molecular complexity index is 749. The minimum Gasteiger partial charge on any atom is -0.478 e. The smallest absolute Gasteiger partial charge is 0.335 e. The van der Waals surface area contributed by atoms with E-state index in [1.165, 1.54) is 12.1 Å². The number of nitrogens with one attached hydrogen (secondary N) is 1. The number of aromatic nitrogens is 1. The summed E-state index contributed by atoms with van der Waals surface area (Å²) in [5, 5.41) is 16.2. The van der Waals surface area contributed by atoms with Gasteiger partial charge >= 0.3 is 5.97 Å². The van der Waals surface area contributed by atoms with Crippen molar-refractivity contribution in [2.45, 2.75) is 13.0 Å². The number of oxazole rings is 1. The molecule has 2 heterocycles. The summed E-state index contributed by atoms with van der Waals surface area (Å²) in [5.74, 6) is -0.982. The topological polar surface area (TPSA) is 75.4 Å². The first kappa shape index (κ1) is 12.7. The zero-order valence-electron chi connectivity index (χ0n) is 10.7. The highest BCUT2D eigenvalue weighted by Gasteiger charge is 2.12. The highest BCUT2D eigenvalue weighted by molar-refractivity contribution is 7.07. The molecule has 20 heavy (non-hydrogen) atoms. The van der Waals surface area contributed by atoms with E-state index in [0.29, 0.717) is 17.1 Å². The number of hydrogen-bond acceptors (Lipinski definition) is 5. The van der Waals surface area contributed by atoms with Crippen molar-refractivity contribution in [2.24, 2.45) is 0 Å². The number of hydrogen-bond donors (Lipinski definition) is 2. The van der Waals surface area contributed by atoms with Crippen molar-refractivity contribution in [1.82, 2.24) is 4.98 Å². The van der Waals surface area contributed by atoms with Crippen LogP contribution in [-0.2, 0) is 0 Å². The first-order chi connectivity index (χ1) is 9.63. The Morgan fingerprint density at radius 1 is 1.45 bits per heavy atom. The van der Waals surface area contributed by atoms with Crippen LogP contribution in [0.2, 0.25) is 0 Å². The van der Waals surface area contributed by atoms with E-state index in [9.17, 15) is 4.79 Å². The lowest BCUT2D eigenvalue weighted by Gasteiger charge is -2.09. The lowest BCUT2D eigenvalue weighted by molar-refractivity contribution is 0.0697. The van der Waals surface area contributed by atoms with Crippen molar-refractivity contribution in [2.75, 3.05) is 5.32 Å². The quantitative estimate of drug-likeness (QED) is 0.764. The summed E-state index contributed by atoms with van der Waals surface area (Å²) < 4.78 is 5.55. The van der Waals surface area contributed by atoms with Gasteiger partial charge in [0.05, 0.1) is 11.6 Å². The zero-order chi connectivity index (χ0) is 14.1. The van der Waals surface area contributed by atoms with Crippen LogP contribution in [0.25, 0.3) is 11.1 Å². The summed E-state index contributed by atoms with van der Waals surface area (Å²) in [4.78, 5) is 15.2. The molecule has 0 saturated heterocycles. The summed E-state index contributed by atoms with van der Waals surface area (Å²) in [6.07, 6.45) is 0. The first-order valence-corrected chi connectivity index (χ1v) is 7.00. The molecule has 0 aliphatic rings. The molecule has 2 N–H and O–H groups in total. The molecule has 6 heteroatoms. The molecule has 3 rings (SSSR count). The maximum atomic E-state index is 10.9. The fourth-order valence-electron chi connectivity index (χ4n) is 1.91. The fraction of sp³-hybridized carbons (Fsp3) is 0.143. The second kappa shape index (κ2) is 4.97. The van der Waals surface area contributed by atoms with Crippen LogP contribution in [0.3, 0.4) is 0 Å². The largest absolute Gasteiger partial charge is 0.478 e. The highest BCUT2D eigenvalue weighted by Crippen LogP contribution is 2.24. The number of carbonyl (C=O) groups is 1. The Morgan fingerprint density at radius 2 is 2.30 bits per heavy atom. The second-order valence-electron chi connectivity index (χ2n) is 4.43. The van der Waals surface area contributed by atoms with E-state index in [0.717, 1.165) is 5.56 Å². The average molecular weight is 288 g/mol. The van der Waals surface area contributed by atoms with Gasteiger partial charge in [0, 0.05) is 0 Å². The number of anilines is 1. The van der Waals surface area contributed by atoms with Gasteiger partial charge in [0.15, 0.2) is 5.58 Å². The second-order valence-corrected chi connectivity index (χ2v) is 5.21. The number of fused-ring (bicyclic) bond motifs is 1. The molecule has 1 atom stereocenters. The average Bonchev–Trinajstić information content (AvgIpc) is 3.06. The Morgan fingerprint density at radius 3 is 3.00 bits per heavy atom. The molecule has 5 nitrogen and oxygen atoms in total. The lowest BCUT2D eigenvalue weighted by Crippen LogP contribution is -2.05. The van der Waals surface area contributed by atoms with Crippen LogP contribution in [0.15, 0.2) is 39.4 Å². The number of carboxylic acids is 1. The molecule has 0 saturated carbocycles. The van der Waals surface area contributed by atoms with Gasteiger partial charge in [0.1, 0.15) is 5.52 Å². The summed E-state index contributed by atoms with van der Waals surface area (Å²) in [6.45, 7) is 2.01. The van der Waals surface area contributed by atoms with Crippen LogP contribution >= 0.6 is 11.3 Å². The molecule has 3 aromatic rings. The fourth-order valence-corrected chi connectivity index (χ4v) is 2.66. The minimum atomic E-state index is -0.982. The summed E-state index contributed by atoms with van der Waals surface area (Å²) >= 11 is 1.63. The van der Waals surface area contributed by atoms with Gasteiger partial charge in [-0.2, -0.15) is 16.3 Å². The van der Waals surface area contributed by atoms with Gasteiger partial charge in [0.2, 0.25) is 0 Å². The molecular formula is C14H12N2O3S. The summed E-state index contributed by atoms with van der Waals surface area (Å²) in [5.41, 5.74) is 2.44. The van der Waals surface area contributed by atoms with Crippen molar-refractivity contribution < 1.29 is 14.3 Å². The molecule has 0 bridgehead atoms. The molecule has 0 radical (unpaired) electrons. The predicted molar refractivity (Wildman–Crippen MR) is 77.3 cm³/mol. The van der Waals surface area contributed by atoms with E-state index in [4.69, 9.17) is 9.52 Å². The highest BCUT2D eigenvalue weighted by atomic mass is 32.1. The van der Waals surface area contributed by atoms with Gasteiger partial charge in [-0.15, -0.1) is 0 Å². The van der Waals surface area contributed by atoms with Crippen LogP contribution in [-0.4, -0.2) is 16.1 Å². The number of benzene rings is 1. The molecular weight excluding hydrogens is 276 g/mol. The van der Waals surface area contributed by atoms with Crippen molar-refractivity contribution >= 4 is 34.4 Å². The SMILES string of the molecule is CC(Nc1nc2ccc(C(=O)O)cc2o1)c1ccsc1. The van der Waals surface area contributed by atoms with Gasteiger partial charge in [-0.05, 0) is 47.5 Å². The monoisotopic (exact) mass is 288 g/mol. The Kier molecular flexibility index (Phi) is 3.15. The summed E-state index contributed by atoms with van der Waals surface area (Å²) in [7, 11) is 0. The zero-order valence-corrected chi connectivity index (χ0v) is 11.5. The van der Waals surface area contributed by atoms with Gasteiger partial charge in [-0.1, -0.05) is 0 Å². The van der Waals surface area contributed by atoms with Crippen molar-refractivity contribution in [1.29, 1.82) is 0 Å². The van der Waals surface area contributed by atoms with Crippen LogP contribution in [0.4, 0.5) is 6.01 Å². The Labute approximate surface area is 118 Å². The van der Waals surface area contributed by atoms with E-state index in [1.807, 2.05) is 18.4 Å². The summed E-state index contributed by atoms with van der Waals surface area (Å²) in [6, 6.07) is 7.13. The third-order valence-corrected chi connectivity index (χ3v) is 3.72. The van der Waals surface area contributed by atoms with E-state index in [1.54, 1.807) is 17.4 Å². The Hall–Kier alpha value is -2.34. The van der Waals surface area contributed by atoms with E-state index >= 15 is 0 Å². The molecule has 1 unspecified atom stereocenters. The number of carboxylic acid groups (broad SMARTS) is 1. The molecule has 0 spiro atoms. The third-order valence-electron chi connectivity index (χ3n) is 3.02. The third kappa shape index (κ3) is 2.37. The van der Waals surface area contributed by atoms with Crippen molar-refractivity contribution in [3.8, 4) is 0 Å².